The first-order valence-electron chi connectivity index (χ1n) is 9.37. The maximum absolute atomic E-state index is 12.6. The van der Waals surface area contributed by atoms with E-state index in [1.54, 1.807) is 25.1 Å². The number of carbonyl (C=O) groups is 3. The summed E-state index contributed by atoms with van der Waals surface area (Å²) in [6, 6.07) is 5.21. The van der Waals surface area contributed by atoms with Crippen LogP contribution in [0.2, 0.25) is 0 Å². The minimum atomic E-state index is -0.529. The van der Waals surface area contributed by atoms with Crippen molar-refractivity contribution in [2.45, 2.75) is 46.6 Å². The Morgan fingerprint density at radius 3 is 2.52 bits per heavy atom. The highest BCUT2D eigenvalue weighted by Crippen LogP contribution is 2.32. The molecule has 2 heterocycles. The fraction of sp³-hybridized carbons (Fsp3) is 0.550. The van der Waals surface area contributed by atoms with E-state index in [4.69, 9.17) is 4.74 Å². The highest BCUT2D eigenvalue weighted by atomic mass is 16.5. The number of fused-ring (bicyclic) bond motifs is 1. The molecule has 1 aromatic carbocycles. The number of hydrogen-bond donors (Lipinski definition) is 2. The molecule has 146 valence electrons. The van der Waals surface area contributed by atoms with Crippen molar-refractivity contribution >= 4 is 29.1 Å². The van der Waals surface area contributed by atoms with Crippen molar-refractivity contribution in [1.82, 2.24) is 4.90 Å². The Bertz CT molecular complexity index is 761. The van der Waals surface area contributed by atoms with Gasteiger partial charge in [0.1, 0.15) is 5.75 Å². The van der Waals surface area contributed by atoms with Crippen LogP contribution in [0.15, 0.2) is 18.2 Å². The molecule has 1 atom stereocenters. The minimum absolute atomic E-state index is 0.0609. The molecule has 27 heavy (non-hydrogen) atoms. The highest BCUT2D eigenvalue weighted by molar-refractivity contribution is 5.99. The Labute approximate surface area is 159 Å². The minimum Gasteiger partial charge on any atom is -0.479 e. The molecular formula is C20H27N3O4. The van der Waals surface area contributed by atoms with E-state index >= 15 is 0 Å². The fourth-order valence-corrected chi connectivity index (χ4v) is 3.35. The molecule has 0 spiro atoms. The fourth-order valence-electron chi connectivity index (χ4n) is 3.35. The number of benzene rings is 1. The topological polar surface area (TPSA) is 87.7 Å². The van der Waals surface area contributed by atoms with Gasteiger partial charge >= 0.3 is 0 Å². The predicted octanol–water partition coefficient (Wildman–Crippen LogP) is 2.63. The average molecular weight is 373 g/mol. The number of ether oxygens (including phenoxy) is 1. The first-order valence-corrected chi connectivity index (χ1v) is 9.37. The lowest BCUT2D eigenvalue weighted by molar-refractivity contribution is -0.142. The Balaban J connectivity index is 1.58. The summed E-state index contributed by atoms with van der Waals surface area (Å²) in [6.45, 7) is 8.61. The monoisotopic (exact) mass is 373 g/mol. The second-order valence-corrected chi connectivity index (χ2v) is 8.27. The lowest BCUT2D eigenvalue weighted by Gasteiger charge is -2.35. The summed E-state index contributed by atoms with van der Waals surface area (Å²) in [4.78, 5) is 38.5. The third-order valence-electron chi connectivity index (χ3n) is 4.97. The van der Waals surface area contributed by atoms with Crippen LogP contribution in [-0.4, -0.2) is 41.8 Å². The largest absolute Gasteiger partial charge is 0.479 e. The molecule has 3 rings (SSSR count). The Kier molecular flexibility index (Phi) is 5.13. The van der Waals surface area contributed by atoms with Crippen LogP contribution in [0.1, 0.15) is 40.5 Å². The van der Waals surface area contributed by atoms with Crippen LogP contribution in [0.25, 0.3) is 0 Å². The van der Waals surface area contributed by atoms with Gasteiger partial charge in [0.05, 0.1) is 5.69 Å². The molecule has 1 aromatic rings. The van der Waals surface area contributed by atoms with Gasteiger partial charge in [0.15, 0.2) is 6.10 Å². The van der Waals surface area contributed by atoms with E-state index in [1.165, 1.54) is 0 Å². The van der Waals surface area contributed by atoms with Crippen molar-refractivity contribution in [2.24, 2.45) is 11.3 Å². The number of likely N-dealkylation sites (tertiary alicyclic amines) is 1. The lowest BCUT2D eigenvalue weighted by atomic mass is 9.90. The van der Waals surface area contributed by atoms with Crippen LogP contribution >= 0.6 is 0 Å². The lowest BCUT2D eigenvalue weighted by Crippen LogP contribution is -2.45. The van der Waals surface area contributed by atoms with Crippen molar-refractivity contribution in [1.29, 1.82) is 0 Å². The molecule has 7 nitrogen and oxygen atoms in total. The van der Waals surface area contributed by atoms with Gasteiger partial charge in [-0.1, -0.05) is 20.8 Å². The molecule has 1 fully saturated rings. The molecule has 3 amide bonds. The van der Waals surface area contributed by atoms with E-state index in [0.717, 1.165) is 0 Å². The third kappa shape index (κ3) is 4.23. The van der Waals surface area contributed by atoms with Crippen LogP contribution in [0, 0.1) is 11.3 Å². The van der Waals surface area contributed by atoms with Crippen molar-refractivity contribution < 1.29 is 19.1 Å². The van der Waals surface area contributed by atoms with E-state index in [-0.39, 0.29) is 23.6 Å². The normalized spacial score (nSPS) is 20.4. The van der Waals surface area contributed by atoms with Gasteiger partial charge in [-0.3, -0.25) is 14.4 Å². The van der Waals surface area contributed by atoms with E-state index in [9.17, 15) is 14.4 Å². The Morgan fingerprint density at radius 2 is 1.89 bits per heavy atom. The van der Waals surface area contributed by atoms with Crippen molar-refractivity contribution in [3.63, 3.8) is 0 Å². The van der Waals surface area contributed by atoms with Crippen molar-refractivity contribution in [3.05, 3.63) is 18.2 Å². The highest BCUT2D eigenvalue weighted by Gasteiger charge is 2.32. The van der Waals surface area contributed by atoms with E-state index in [2.05, 4.69) is 10.6 Å². The number of anilines is 2. The van der Waals surface area contributed by atoms with E-state index in [1.807, 2.05) is 25.7 Å². The second-order valence-electron chi connectivity index (χ2n) is 8.27. The van der Waals surface area contributed by atoms with Crippen LogP contribution < -0.4 is 15.4 Å². The molecule has 1 unspecified atom stereocenters. The Hall–Kier alpha value is -2.57. The van der Waals surface area contributed by atoms with Crippen LogP contribution in [0.5, 0.6) is 5.75 Å². The molecule has 0 aromatic heterocycles. The van der Waals surface area contributed by atoms with Gasteiger partial charge in [0, 0.05) is 30.1 Å². The zero-order chi connectivity index (χ0) is 19.8. The summed E-state index contributed by atoms with van der Waals surface area (Å²) in [5.41, 5.74) is 0.772. The smallest absolute Gasteiger partial charge is 0.265 e. The number of nitrogens with zero attached hydrogens (tertiary/aromatic N) is 1. The molecule has 2 aliphatic rings. The average Bonchev–Trinajstić information content (AvgIpc) is 2.61. The third-order valence-corrected chi connectivity index (χ3v) is 4.97. The number of amides is 3. The van der Waals surface area contributed by atoms with Gasteiger partial charge < -0.3 is 20.3 Å². The van der Waals surface area contributed by atoms with Gasteiger partial charge in [-0.15, -0.1) is 0 Å². The number of piperidine rings is 1. The summed E-state index contributed by atoms with van der Waals surface area (Å²) >= 11 is 0. The zero-order valence-electron chi connectivity index (χ0n) is 16.3. The SMILES string of the molecule is CC1Oc2ccc(NC(=O)C3CCN(C(=O)C(C)(C)C)CC3)cc2NC1=O. The van der Waals surface area contributed by atoms with Crippen molar-refractivity contribution in [3.8, 4) is 5.75 Å². The summed E-state index contributed by atoms with van der Waals surface area (Å²) in [5.74, 6) is 0.321. The molecule has 0 radical (unpaired) electrons. The van der Waals surface area contributed by atoms with Gasteiger partial charge in [0.25, 0.3) is 5.91 Å². The number of rotatable bonds is 2. The van der Waals surface area contributed by atoms with E-state index in [0.29, 0.717) is 43.1 Å². The molecule has 7 heteroatoms. The standard InChI is InChI=1S/C20H27N3O4/c1-12-17(24)22-15-11-14(5-6-16(15)27-12)21-18(25)13-7-9-23(10-8-13)19(26)20(2,3)4/h5-6,11-13H,7-10H2,1-4H3,(H,21,25)(H,22,24). The van der Waals surface area contributed by atoms with Crippen LogP contribution in [0.4, 0.5) is 11.4 Å². The quantitative estimate of drug-likeness (QED) is 0.834. The molecule has 2 aliphatic heterocycles. The summed E-state index contributed by atoms with van der Waals surface area (Å²) in [5, 5.41) is 5.69. The molecular weight excluding hydrogens is 346 g/mol. The Morgan fingerprint density at radius 1 is 1.22 bits per heavy atom. The van der Waals surface area contributed by atoms with Gasteiger partial charge in [0.2, 0.25) is 11.8 Å². The summed E-state index contributed by atoms with van der Waals surface area (Å²) < 4.78 is 5.52. The maximum Gasteiger partial charge on any atom is 0.265 e. The zero-order valence-corrected chi connectivity index (χ0v) is 16.3. The van der Waals surface area contributed by atoms with Gasteiger partial charge in [-0.2, -0.15) is 0 Å². The molecule has 0 saturated carbocycles. The maximum atomic E-state index is 12.6. The predicted molar refractivity (Wildman–Crippen MR) is 103 cm³/mol. The molecule has 2 N–H and O–H groups in total. The van der Waals surface area contributed by atoms with Crippen LogP contribution in [0.3, 0.4) is 0 Å². The van der Waals surface area contributed by atoms with E-state index < -0.39 is 11.5 Å². The molecule has 1 saturated heterocycles. The second kappa shape index (κ2) is 7.21. The first kappa shape index (κ1) is 19.2. The molecule has 0 bridgehead atoms. The number of nitrogens with one attached hydrogen (secondary N) is 2. The first-order chi connectivity index (χ1) is 12.6. The van der Waals surface area contributed by atoms with Crippen LogP contribution in [-0.2, 0) is 14.4 Å². The van der Waals surface area contributed by atoms with Gasteiger partial charge in [-0.25, -0.2) is 0 Å². The molecule has 0 aliphatic carbocycles. The number of hydrogen-bond acceptors (Lipinski definition) is 4. The summed E-state index contributed by atoms with van der Waals surface area (Å²) in [7, 11) is 0. The van der Waals surface area contributed by atoms with Gasteiger partial charge in [-0.05, 0) is 38.0 Å². The summed E-state index contributed by atoms with van der Waals surface area (Å²) in [6.07, 6.45) is 0.769. The van der Waals surface area contributed by atoms with Crippen molar-refractivity contribution in [2.75, 3.05) is 23.7 Å². The number of carbonyl (C=O) groups excluding carboxylic acids is 3.